The predicted octanol–water partition coefficient (Wildman–Crippen LogP) is 2.87. The van der Waals surface area contributed by atoms with Crippen molar-refractivity contribution in [2.75, 3.05) is 19.0 Å². The van der Waals surface area contributed by atoms with Crippen LogP contribution in [0.2, 0.25) is 0 Å². The van der Waals surface area contributed by atoms with Gasteiger partial charge < -0.3 is 4.90 Å². The summed E-state index contributed by atoms with van der Waals surface area (Å²) in [5.41, 5.74) is 2.63. The molecule has 0 heterocycles. The van der Waals surface area contributed by atoms with Gasteiger partial charge in [0.25, 0.3) is 0 Å². The largest absolute Gasteiger partial charge is 0.378 e. The van der Waals surface area contributed by atoms with Crippen molar-refractivity contribution in [3.63, 3.8) is 0 Å². The highest BCUT2D eigenvalue weighted by Gasteiger charge is 1.94. The van der Waals surface area contributed by atoms with Crippen LogP contribution in [0.4, 0.5) is 5.69 Å². The molecule has 0 bridgehead atoms. The molecule has 1 heteroatoms. The van der Waals surface area contributed by atoms with Gasteiger partial charge in [-0.05, 0) is 30.5 Å². The molecule has 0 aliphatic carbocycles. The lowest BCUT2D eigenvalue weighted by Gasteiger charge is -2.12. The quantitative estimate of drug-likeness (QED) is 0.636. The summed E-state index contributed by atoms with van der Waals surface area (Å²) in [4.78, 5) is 2.11. The maximum absolute atomic E-state index is 3.71. The van der Waals surface area contributed by atoms with E-state index in [1.807, 2.05) is 6.08 Å². The molecule has 1 nitrogen and oxygen atoms in total. The van der Waals surface area contributed by atoms with Crippen LogP contribution >= 0.6 is 0 Å². The highest BCUT2D eigenvalue weighted by Crippen LogP contribution is 2.13. The molecule has 0 amide bonds. The number of anilines is 1. The van der Waals surface area contributed by atoms with Crippen LogP contribution in [0.3, 0.4) is 0 Å². The summed E-state index contributed by atoms with van der Waals surface area (Å²) >= 11 is 0. The van der Waals surface area contributed by atoms with Crippen molar-refractivity contribution in [2.24, 2.45) is 0 Å². The van der Waals surface area contributed by atoms with Gasteiger partial charge in [0.05, 0.1) is 0 Å². The minimum absolute atomic E-state index is 1.06. The molecule has 13 heavy (non-hydrogen) atoms. The number of aryl methyl sites for hydroxylation is 1. The zero-order chi connectivity index (χ0) is 9.68. The topological polar surface area (TPSA) is 3.24 Å². The molecule has 0 aromatic heterocycles. The Hall–Kier alpha value is -1.24. The van der Waals surface area contributed by atoms with Crippen molar-refractivity contribution in [2.45, 2.75) is 12.8 Å². The summed E-state index contributed by atoms with van der Waals surface area (Å²) in [6.07, 6.45) is 4.11. The lowest BCUT2D eigenvalue weighted by Crippen LogP contribution is -2.08. The van der Waals surface area contributed by atoms with Crippen LogP contribution in [0.15, 0.2) is 36.9 Å². The molecule has 1 aromatic rings. The fourth-order valence-electron chi connectivity index (χ4n) is 1.23. The Morgan fingerprint density at radius 3 is 2.31 bits per heavy atom. The monoisotopic (exact) mass is 175 g/mol. The Kier molecular flexibility index (Phi) is 3.56. The molecule has 0 fully saturated rings. The standard InChI is InChI=1S/C12H17N/c1-4-5-6-11-7-9-12(10-8-11)13(2)3/h4,7-10H,1,5-6H2,2-3H3. The predicted molar refractivity (Wildman–Crippen MR) is 59.3 cm³/mol. The van der Waals surface area contributed by atoms with Crippen LogP contribution in [-0.4, -0.2) is 14.1 Å². The van der Waals surface area contributed by atoms with Crippen molar-refractivity contribution >= 4 is 5.69 Å². The van der Waals surface area contributed by atoms with E-state index in [0.29, 0.717) is 0 Å². The van der Waals surface area contributed by atoms with E-state index in [1.165, 1.54) is 11.3 Å². The van der Waals surface area contributed by atoms with Gasteiger partial charge in [-0.1, -0.05) is 18.2 Å². The highest BCUT2D eigenvalue weighted by atomic mass is 15.1. The van der Waals surface area contributed by atoms with E-state index in [9.17, 15) is 0 Å². The molecule has 1 aromatic carbocycles. The first-order valence-corrected chi connectivity index (χ1v) is 4.61. The molecule has 0 unspecified atom stereocenters. The third-order valence-electron chi connectivity index (χ3n) is 2.09. The second-order valence-corrected chi connectivity index (χ2v) is 3.39. The SMILES string of the molecule is C=CCCc1ccc(N(C)C)cc1. The van der Waals surface area contributed by atoms with E-state index >= 15 is 0 Å². The molecule has 70 valence electrons. The number of hydrogen-bond donors (Lipinski definition) is 0. The Morgan fingerprint density at radius 2 is 1.85 bits per heavy atom. The Labute approximate surface area is 80.7 Å². The minimum atomic E-state index is 1.06. The zero-order valence-electron chi connectivity index (χ0n) is 8.46. The zero-order valence-corrected chi connectivity index (χ0v) is 8.46. The summed E-state index contributed by atoms with van der Waals surface area (Å²) in [6.45, 7) is 3.71. The molecular weight excluding hydrogens is 158 g/mol. The second kappa shape index (κ2) is 4.70. The first kappa shape index (κ1) is 9.85. The van der Waals surface area contributed by atoms with E-state index in [2.05, 4.69) is 49.8 Å². The molecule has 0 spiro atoms. The van der Waals surface area contributed by atoms with Crippen molar-refractivity contribution in [3.05, 3.63) is 42.5 Å². The lowest BCUT2D eigenvalue weighted by atomic mass is 10.1. The first-order chi connectivity index (χ1) is 6.24. The van der Waals surface area contributed by atoms with Gasteiger partial charge in [0.1, 0.15) is 0 Å². The molecule has 0 aliphatic rings. The van der Waals surface area contributed by atoms with Crippen molar-refractivity contribution in [3.8, 4) is 0 Å². The van der Waals surface area contributed by atoms with E-state index < -0.39 is 0 Å². The average Bonchev–Trinajstić information content (AvgIpc) is 2.15. The van der Waals surface area contributed by atoms with Gasteiger partial charge in [0.2, 0.25) is 0 Å². The van der Waals surface area contributed by atoms with Gasteiger partial charge in [0, 0.05) is 19.8 Å². The molecule has 0 saturated carbocycles. The van der Waals surface area contributed by atoms with Gasteiger partial charge in [-0.3, -0.25) is 0 Å². The van der Waals surface area contributed by atoms with Gasteiger partial charge in [0.15, 0.2) is 0 Å². The molecule has 0 N–H and O–H groups in total. The number of nitrogens with zero attached hydrogens (tertiary/aromatic N) is 1. The molecule has 0 aliphatic heterocycles. The smallest absolute Gasteiger partial charge is 0.0361 e. The average molecular weight is 175 g/mol. The highest BCUT2D eigenvalue weighted by molar-refractivity contribution is 5.45. The summed E-state index contributed by atoms with van der Waals surface area (Å²) in [5, 5.41) is 0. The van der Waals surface area contributed by atoms with E-state index in [-0.39, 0.29) is 0 Å². The van der Waals surface area contributed by atoms with E-state index in [0.717, 1.165) is 12.8 Å². The summed E-state index contributed by atoms with van der Waals surface area (Å²) in [6, 6.07) is 8.66. The van der Waals surface area contributed by atoms with Gasteiger partial charge in [-0.15, -0.1) is 6.58 Å². The maximum atomic E-state index is 3.71. The van der Waals surface area contributed by atoms with Crippen LogP contribution in [0, 0.1) is 0 Å². The van der Waals surface area contributed by atoms with Crippen LogP contribution < -0.4 is 4.90 Å². The van der Waals surface area contributed by atoms with Gasteiger partial charge in [-0.25, -0.2) is 0 Å². The normalized spacial score (nSPS) is 9.69. The summed E-state index contributed by atoms with van der Waals surface area (Å²) in [7, 11) is 4.11. The Morgan fingerprint density at radius 1 is 1.23 bits per heavy atom. The Balaban J connectivity index is 2.64. The number of rotatable bonds is 4. The van der Waals surface area contributed by atoms with Crippen LogP contribution in [0.1, 0.15) is 12.0 Å². The lowest BCUT2D eigenvalue weighted by molar-refractivity contribution is 1.00. The van der Waals surface area contributed by atoms with Crippen molar-refractivity contribution in [1.29, 1.82) is 0 Å². The van der Waals surface area contributed by atoms with Crippen LogP contribution in [-0.2, 0) is 6.42 Å². The third kappa shape index (κ3) is 2.94. The molecule has 0 radical (unpaired) electrons. The number of allylic oxidation sites excluding steroid dienone is 1. The molecular formula is C12H17N. The van der Waals surface area contributed by atoms with E-state index in [4.69, 9.17) is 0 Å². The third-order valence-corrected chi connectivity index (χ3v) is 2.09. The second-order valence-electron chi connectivity index (χ2n) is 3.39. The van der Waals surface area contributed by atoms with Gasteiger partial charge >= 0.3 is 0 Å². The first-order valence-electron chi connectivity index (χ1n) is 4.61. The van der Waals surface area contributed by atoms with E-state index in [1.54, 1.807) is 0 Å². The minimum Gasteiger partial charge on any atom is -0.378 e. The fourth-order valence-corrected chi connectivity index (χ4v) is 1.23. The molecule has 0 atom stereocenters. The maximum Gasteiger partial charge on any atom is 0.0361 e. The Bertz CT molecular complexity index is 259. The summed E-state index contributed by atoms with van der Waals surface area (Å²) < 4.78 is 0. The van der Waals surface area contributed by atoms with Crippen molar-refractivity contribution < 1.29 is 0 Å². The van der Waals surface area contributed by atoms with Crippen LogP contribution in [0.5, 0.6) is 0 Å². The number of benzene rings is 1. The summed E-state index contributed by atoms with van der Waals surface area (Å²) in [5.74, 6) is 0. The van der Waals surface area contributed by atoms with Crippen LogP contribution in [0.25, 0.3) is 0 Å². The number of hydrogen-bond acceptors (Lipinski definition) is 1. The fraction of sp³-hybridized carbons (Fsp3) is 0.333. The molecule has 0 saturated heterocycles. The van der Waals surface area contributed by atoms with Gasteiger partial charge in [-0.2, -0.15) is 0 Å². The van der Waals surface area contributed by atoms with Crippen molar-refractivity contribution in [1.82, 2.24) is 0 Å². The molecule has 1 rings (SSSR count).